The molecule has 2 heterocycles. The fraction of sp³-hybridized carbons (Fsp3) is 0.263. The average molecular weight is 352 g/mol. The third kappa shape index (κ3) is 4.09. The van der Waals surface area contributed by atoms with Gasteiger partial charge in [0.1, 0.15) is 5.69 Å². The zero-order valence-electron chi connectivity index (χ0n) is 14.7. The van der Waals surface area contributed by atoms with Crippen LogP contribution >= 0.6 is 11.3 Å². The summed E-state index contributed by atoms with van der Waals surface area (Å²) in [4.78, 5) is 24.8. The number of hydrogen-bond donors (Lipinski definition) is 1. The van der Waals surface area contributed by atoms with Gasteiger partial charge in [0.25, 0.3) is 5.91 Å². The molecule has 0 aliphatic heterocycles. The first-order chi connectivity index (χ1) is 11.8. The van der Waals surface area contributed by atoms with E-state index < -0.39 is 0 Å². The molecule has 0 aliphatic rings. The van der Waals surface area contributed by atoms with Crippen LogP contribution in [0.2, 0.25) is 0 Å². The summed E-state index contributed by atoms with van der Waals surface area (Å²) in [7, 11) is 0. The van der Waals surface area contributed by atoms with Gasteiger partial charge in [-0.25, -0.2) is 9.97 Å². The van der Waals surface area contributed by atoms with Gasteiger partial charge in [-0.05, 0) is 17.9 Å². The molecule has 1 aromatic carbocycles. The van der Waals surface area contributed by atoms with Gasteiger partial charge in [0.15, 0.2) is 5.13 Å². The van der Waals surface area contributed by atoms with E-state index in [1.165, 1.54) is 23.1 Å². The predicted molar refractivity (Wildman–Crippen MR) is 101 cm³/mol. The van der Waals surface area contributed by atoms with Crippen LogP contribution in [0.15, 0.2) is 42.0 Å². The molecule has 0 unspecified atom stereocenters. The van der Waals surface area contributed by atoms with Gasteiger partial charge in [0.05, 0.1) is 17.6 Å². The van der Waals surface area contributed by atoms with Crippen LogP contribution in [0.1, 0.15) is 42.5 Å². The molecule has 6 heteroatoms. The number of hydrogen-bond acceptors (Lipinski definition) is 5. The first-order valence-electron chi connectivity index (χ1n) is 7.99. The van der Waals surface area contributed by atoms with Crippen molar-refractivity contribution in [2.45, 2.75) is 33.1 Å². The molecule has 0 atom stereocenters. The SMILES string of the molecule is Cc1cnc(C(=O)Nc2nc(-c3ccc(C(C)(C)C)cc3)cs2)cn1. The summed E-state index contributed by atoms with van der Waals surface area (Å²) in [5.74, 6) is -0.309. The predicted octanol–water partition coefficient (Wildman–Crippen LogP) is 4.46. The Morgan fingerprint density at radius 1 is 1.08 bits per heavy atom. The Morgan fingerprint density at radius 3 is 2.40 bits per heavy atom. The van der Waals surface area contributed by atoms with Crippen molar-refractivity contribution in [1.29, 1.82) is 0 Å². The highest BCUT2D eigenvalue weighted by molar-refractivity contribution is 7.14. The number of carbonyl (C=O) groups is 1. The van der Waals surface area contributed by atoms with Gasteiger partial charge in [-0.3, -0.25) is 15.1 Å². The van der Waals surface area contributed by atoms with Gasteiger partial charge < -0.3 is 0 Å². The number of benzene rings is 1. The van der Waals surface area contributed by atoms with Crippen LogP contribution in [0.4, 0.5) is 5.13 Å². The number of amides is 1. The first-order valence-corrected chi connectivity index (χ1v) is 8.87. The minimum Gasteiger partial charge on any atom is -0.296 e. The lowest BCUT2D eigenvalue weighted by Gasteiger charge is -2.18. The van der Waals surface area contributed by atoms with E-state index in [9.17, 15) is 4.79 Å². The molecule has 0 fully saturated rings. The quantitative estimate of drug-likeness (QED) is 0.756. The van der Waals surface area contributed by atoms with E-state index in [1.54, 1.807) is 6.20 Å². The van der Waals surface area contributed by atoms with Gasteiger partial charge >= 0.3 is 0 Å². The highest BCUT2D eigenvalue weighted by Crippen LogP contribution is 2.28. The molecule has 1 N–H and O–H groups in total. The monoisotopic (exact) mass is 352 g/mol. The molecular formula is C19H20N4OS. The molecule has 25 heavy (non-hydrogen) atoms. The summed E-state index contributed by atoms with van der Waals surface area (Å²) in [5.41, 5.74) is 4.31. The van der Waals surface area contributed by atoms with Crippen molar-refractivity contribution in [3.63, 3.8) is 0 Å². The van der Waals surface area contributed by atoms with Crippen LogP contribution in [-0.4, -0.2) is 20.9 Å². The molecule has 0 bridgehead atoms. The maximum absolute atomic E-state index is 12.2. The van der Waals surface area contributed by atoms with Crippen molar-refractivity contribution in [3.8, 4) is 11.3 Å². The molecule has 0 spiro atoms. The summed E-state index contributed by atoms with van der Waals surface area (Å²) in [6.45, 7) is 8.39. The number of anilines is 1. The fourth-order valence-electron chi connectivity index (χ4n) is 2.28. The van der Waals surface area contributed by atoms with E-state index in [-0.39, 0.29) is 17.0 Å². The van der Waals surface area contributed by atoms with Crippen LogP contribution in [0.5, 0.6) is 0 Å². The molecular weight excluding hydrogens is 332 g/mol. The zero-order valence-corrected chi connectivity index (χ0v) is 15.5. The van der Waals surface area contributed by atoms with E-state index in [0.29, 0.717) is 5.13 Å². The Bertz CT molecular complexity index is 877. The van der Waals surface area contributed by atoms with Crippen LogP contribution in [0.3, 0.4) is 0 Å². The van der Waals surface area contributed by atoms with Gasteiger partial charge in [-0.2, -0.15) is 0 Å². The van der Waals surface area contributed by atoms with Crippen molar-refractivity contribution in [2.75, 3.05) is 5.32 Å². The third-order valence-electron chi connectivity index (χ3n) is 3.78. The second-order valence-corrected chi connectivity index (χ2v) is 7.72. The molecule has 0 saturated carbocycles. The first kappa shape index (κ1) is 17.2. The molecule has 2 aromatic heterocycles. The lowest BCUT2D eigenvalue weighted by Crippen LogP contribution is -2.14. The summed E-state index contributed by atoms with van der Waals surface area (Å²) < 4.78 is 0. The average Bonchev–Trinajstić information content (AvgIpc) is 3.03. The largest absolute Gasteiger partial charge is 0.296 e. The van der Waals surface area contributed by atoms with E-state index >= 15 is 0 Å². The molecule has 128 valence electrons. The summed E-state index contributed by atoms with van der Waals surface area (Å²) in [6, 6.07) is 8.36. The second-order valence-electron chi connectivity index (χ2n) is 6.86. The van der Waals surface area contributed by atoms with Gasteiger partial charge in [0, 0.05) is 17.1 Å². The number of aryl methyl sites for hydroxylation is 1. The molecule has 5 nitrogen and oxygen atoms in total. The van der Waals surface area contributed by atoms with Crippen molar-refractivity contribution < 1.29 is 4.79 Å². The zero-order chi connectivity index (χ0) is 18.0. The van der Waals surface area contributed by atoms with Gasteiger partial charge in [-0.15, -0.1) is 11.3 Å². The van der Waals surface area contributed by atoms with Crippen LogP contribution in [0, 0.1) is 6.92 Å². The summed E-state index contributed by atoms with van der Waals surface area (Å²) >= 11 is 1.39. The standard InChI is InChI=1S/C19H20N4OS/c1-12-9-21-15(10-20-12)17(24)23-18-22-16(11-25-18)13-5-7-14(8-6-13)19(2,3)4/h5-11H,1-4H3,(H,22,23,24). The van der Waals surface area contributed by atoms with Crippen molar-refractivity contribution in [1.82, 2.24) is 15.0 Å². The Balaban J connectivity index is 1.74. The molecule has 1 amide bonds. The highest BCUT2D eigenvalue weighted by Gasteiger charge is 2.14. The van der Waals surface area contributed by atoms with E-state index in [2.05, 4.69) is 65.3 Å². The van der Waals surface area contributed by atoms with Crippen molar-refractivity contribution >= 4 is 22.4 Å². The normalized spacial score (nSPS) is 11.4. The molecule has 3 rings (SSSR count). The number of nitrogens with zero attached hydrogens (tertiary/aromatic N) is 3. The molecule has 0 saturated heterocycles. The molecule has 0 radical (unpaired) electrons. The van der Waals surface area contributed by atoms with E-state index in [0.717, 1.165) is 17.0 Å². The summed E-state index contributed by atoms with van der Waals surface area (Å²) in [6.07, 6.45) is 3.03. The number of thiazole rings is 1. The lowest BCUT2D eigenvalue weighted by molar-refractivity contribution is 0.102. The number of carbonyl (C=O) groups excluding carboxylic acids is 1. The van der Waals surface area contributed by atoms with Crippen LogP contribution < -0.4 is 5.32 Å². The Morgan fingerprint density at radius 2 is 1.80 bits per heavy atom. The number of rotatable bonds is 3. The Hall–Kier alpha value is -2.60. The second kappa shape index (κ2) is 6.72. The highest BCUT2D eigenvalue weighted by atomic mass is 32.1. The lowest BCUT2D eigenvalue weighted by atomic mass is 9.86. The van der Waals surface area contributed by atoms with E-state index in [4.69, 9.17) is 0 Å². The Kier molecular flexibility index (Phi) is 4.63. The van der Waals surface area contributed by atoms with Crippen LogP contribution in [-0.2, 0) is 5.41 Å². The number of nitrogens with one attached hydrogen (secondary N) is 1. The third-order valence-corrected chi connectivity index (χ3v) is 4.54. The van der Waals surface area contributed by atoms with Gasteiger partial charge in [-0.1, -0.05) is 45.0 Å². The van der Waals surface area contributed by atoms with Crippen molar-refractivity contribution in [2.24, 2.45) is 0 Å². The fourth-order valence-corrected chi connectivity index (χ4v) is 2.99. The summed E-state index contributed by atoms with van der Waals surface area (Å²) in [5, 5.41) is 5.25. The van der Waals surface area contributed by atoms with Gasteiger partial charge in [0.2, 0.25) is 0 Å². The maximum Gasteiger partial charge on any atom is 0.277 e. The minimum absolute atomic E-state index is 0.120. The topological polar surface area (TPSA) is 67.8 Å². The maximum atomic E-state index is 12.2. The Labute approximate surface area is 151 Å². The smallest absolute Gasteiger partial charge is 0.277 e. The molecule has 0 aliphatic carbocycles. The number of aromatic nitrogens is 3. The van der Waals surface area contributed by atoms with Crippen molar-refractivity contribution in [3.05, 3.63) is 59.0 Å². The molecule has 3 aromatic rings. The van der Waals surface area contributed by atoms with Crippen LogP contribution in [0.25, 0.3) is 11.3 Å². The van der Waals surface area contributed by atoms with E-state index in [1.807, 2.05) is 12.3 Å². The minimum atomic E-state index is -0.309.